The van der Waals surface area contributed by atoms with Crippen LogP contribution in [0.25, 0.3) is 0 Å². The zero-order valence-corrected chi connectivity index (χ0v) is 9.46. The van der Waals surface area contributed by atoms with Gasteiger partial charge < -0.3 is 21.3 Å². The summed E-state index contributed by atoms with van der Waals surface area (Å²) in [6.45, 7) is 0.502. The number of anilines is 2. The Morgan fingerprint density at radius 2 is 2.28 bits per heavy atom. The van der Waals surface area contributed by atoms with Crippen LogP contribution in [0.2, 0.25) is 0 Å². The summed E-state index contributed by atoms with van der Waals surface area (Å²) >= 11 is 0. The van der Waals surface area contributed by atoms with Gasteiger partial charge in [-0.25, -0.2) is 4.98 Å². The van der Waals surface area contributed by atoms with Crippen molar-refractivity contribution in [3.05, 3.63) is 30.0 Å². The zero-order chi connectivity index (χ0) is 13.0. The lowest BCUT2D eigenvalue weighted by Gasteiger charge is -2.07. The molecule has 18 heavy (non-hydrogen) atoms. The minimum Gasteiger partial charge on any atom is -0.396 e. The number of nitrogen functional groups attached to an aromatic ring is 1. The Labute approximate surface area is 102 Å². The van der Waals surface area contributed by atoms with Crippen molar-refractivity contribution in [3.63, 3.8) is 0 Å². The summed E-state index contributed by atoms with van der Waals surface area (Å²) in [5, 5.41) is 6.46. The van der Waals surface area contributed by atoms with Gasteiger partial charge in [0.15, 0.2) is 6.33 Å². The van der Waals surface area contributed by atoms with Crippen LogP contribution in [0.15, 0.2) is 23.0 Å². The Morgan fingerprint density at radius 1 is 1.44 bits per heavy atom. The Kier molecular flexibility index (Phi) is 3.37. The maximum atomic E-state index is 11.0. The molecule has 0 fully saturated rings. The van der Waals surface area contributed by atoms with E-state index < -0.39 is 5.91 Å². The van der Waals surface area contributed by atoms with Crippen molar-refractivity contribution in [1.29, 1.82) is 0 Å². The number of pyridine rings is 1. The summed E-state index contributed by atoms with van der Waals surface area (Å²) in [6.07, 6.45) is 1.86. The number of carbonyl (C=O) groups excluding carboxylic acids is 1. The highest BCUT2D eigenvalue weighted by molar-refractivity contribution is 5.91. The number of nitrogens with two attached hydrogens (primary N) is 2. The molecule has 2 heterocycles. The van der Waals surface area contributed by atoms with Gasteiger partial charge in [0.25, 0.3) is 5.91 Å². The van der Waals surface area contributed by atoms with Gasteiger partial charge in [0.05, 0.1) is 5.69 Å². The number of hydrogen-bond donors (Lipinski definition) is 3. The molecule has 5 N–H and O–H groups in total. The fraction of sp³-hybridized carbons (Fsp3) is 0.200. The van der Waals surface area contributed by atoms with E-state index >= 15 is 0 Å². The second kappa shape index (κ2) is 5.13. The molecule has 0 atom stereocenters. The van der Waals surface area contributed by atoms with E-state index in [0.717, 1.165) is 0 Å². The molecule has 2 rings (SSSR count). The van der Waals surface area contributed by atoms with Gasteiger partial charge in [0.1, 0.15) is 11.5 Å². The number of carbonyl (C=O) groups is 1. The summed E-state index contributed by atoms with van der Waals surface area (Å²) in [5.74, 6) is 0.313. The van der Waals surface area contributed by atoms with Crippen molar-refractivity contribution in [3.8, 4) is 0 Å². The van der Waals surface area contributed by atoms with Gasteiger partial charge in [-0.2, -0.15) is 4.98 Å². The summed E-state index contributed by atoms with van der Waals surface area (Å²) < 4.78 is 4.84. The van der Waals surface area contributed by atoms with Crippen LogP contribution in [-0.2, 0) is 6.42 Å². The molecule has 0 radical (unpaired) electrons. The lowest BCUT2D eigenvalue weighted by atomic mass is 10.3. The lowest BCUT2D eigenvalue weighted by Crippen LogP contribution is -2.16. The summed E-state index contributed by atoms with van der Waals surface area (Å²) in [5.41, 5.74) is 11.4. The molecule has 8 nitrogen and oxygen atoms in total. The van der Waals surface area contributed by atoms with Crippen molar-refractivity contribution >= 4 is 17.4 Å². The number of nitrogens with one attached hydrogen (secondary N) is 1. The van der Waals surface area contributed by atoms with Crippen LogP contribution in [-0.4, -0.2) is 27.6 Å². The maximum Gasteiger partial charge on any atom is 0.267 e. The average molecular weight is 248 g/mol. The number of hydrogen-bond acceptors (Lipinski definition) is 7. The van der Waals surface area contributed by atoms with Crippen LogP contribution in [0.5, 0.6) is 0 Å². The van der Waals surface area contributed by atoms with E-state index in [1.807, 2.05) is 0 Å². The average Bonchev–Trinajstić information content (AvgIpc) is 2.84. The molecule has 8 heteroatoms. The van der Waals surface area contributed by atoms with E-state index in [1.54, 1.807) is 6.07 Å². The highest BCUT2D eigenvalue weighted by Gasteiger charge is 2.07. The minimum atomic E-state index is -0.602. The monoisotopic (exact) mass is 248 g/mol. The van der Waals surface area contributed by atoms with Crippen molar-refractivity contribution in [2.24, 2.45) is 5.73 Å². The molecule has 0 bridgehead atoms. The van der Waals surface area contributed by atoms with Crippen LogP contribution in [0.3, 0.4) is 0 Å². The molecule has 0 aromatic carbocycles. The summed E-state index contributed by atoms with van der Waals surface area (Å²) in [7, 11) is 0. The van der Waals surface area contributed by atoms with E-state index in [4.69, 9.17) is 16.0 Å². The summed E-state index contributed by atoms with van der Waals surface area (Å²) in [6, 6.07) is 3.04. The molecular formula is C10H12N6O2. The van der Waals surface area contributed by atoms with Gasteiger partial charge in [0.2, 0.25) is 5.89 Å². The van der Waals surface area contributed by atoms with Crippen LogP contribution in [0.4, 0.5) is 11.5 Å². The Bertz CT molecular complexity index is 539. The molecule has 0 spiro atoms. The molecule has 0 aliphatic rings. The molecule has 0 aliphatic heterocycles. The van der Waals surface area contributed by atoms with Gasteiger partial charge in [0, 0.05) is 13.0 Å². The van der Waals surface area contributed by atoms with Gasteiger partial charge >= 0.3 is 0 Å². The zero-order valence-electron chi connectivity index (χ0n) is 9.46. The minimum absolute atomic E-state index is 0.157. The van der Waals surface area contributed by atoms with Crippen molar-refractivity contribution in [1.82, 2.24) is 15.1 Å². The van der Waals surface area contributed by atoms with E-state index in [9.17, 15) is 4.79 Å². The number of primary amides is 1. The fourth-order valence-corrected chi connectivity index (χ4v) is 1.34. The first-order valence-electron chi connectivity index (χ1n) is 5.22. The number of aromatic nitrogens is 3. The third-order valence-corrected chi connectivity index (χ3v) is 2.22. The smallest absolute Gasteiger partial charge is 0.267 e. The molecule has 2 aromatic heterocycles. The van der Waals surface area contributed by atoms with Crippen LogP contribution in [0, 0.1) is 0 Å². The van der Waals surface area contributed by atoms with Gasteiger partial charge in [-0.3, -0.25) is 4.79 Å². The molecule has 0 saturated heterocycles. The predicted molar refractivity (Wildman–Crippen MR) is 63.7 cm³/mol. The van der Waals surface area contributed by atoms with Crippen LogP contribution in [0.1, 0.15) is 16.4 Å². The Morgan fingerprint density at radius 3 is 2.94 bits per heavy atom. The second-order valence-electron chi connectivity index (χ2n) is 3.51. The van der Waals surface area contributed by atoms with Gasteiger partial charge in [-0.05, 0) is 12.1 Å². The summed E-state index contributed by atoms with van der Waals surface area (Å²) in [4.78, 5) is 18.9. The van der Waals surface area contributed by atoms with E-state index in [0.29, 0.717) is 30.4 Å². The quantitative estimate of drug-likeness (QED) is 0.667. The third kappa shape index (κ3) is 2.73. The van der Waals surface area contributed by atoms with E-state index in [2.05, 4.69) is 20.4 Å². The van der Waals surface area contributed by atoms with Crippen molar-refractivity contribution in [2.45, 2.75) is 6.42 Å². The normalized spacial score (nSPS) is 10.2. The molecule has 0 saturated carbocycles. The Hall–Kier alpha value is -2.64. The first-order valence-corrected chi connectivity index (χ1v) is 5.22. The van der Waals surface area contributed by atoms with Gasteiger partial charge in [-0.15, -0.1) is 0 Å². The third-order valence-electron chi connectivity index (χ3n) is 2.22. The van der Waals surface area contributed by atoms with Crippen LogP contribution < -0.4 is 16.8 Å². The number of rotatable bonds is 5. The standard InChI is InChI=1S/C10H12N6O2/c11-6-1-2-7(9(12)17)16-10(6)13-4-3-8-14-5-15-18-8/h1-2,5H,3-4,11H2,(H2,12,17)(H,13,16). The topological polar surface area (TPSA) is 133 Å². The van der Waals surface area contributed by atoms with E-state index in [-0.39, 0.29) is 5.69 Å². The van der Waals surface area contributed by atoms with Crippen LogP contribution >= 0.6 is 0 Å². The van der Waals surface area contributed by atoms with E-state index in [1.165, 1.54) is 12.4 Å². The second-order valence-corrected chi connectivity index (χ2v) is 3.51. The number of nitrogens with zero attached hydrogens (tertiary/aromatic N) is 3. The van der Waals surface area contributed by atoms with Crippen molar-refractivity contribution < 1.29 is 9.32 Å². The molecule has 0 unspecified atom stereocenters. The highest BCUT2D eigenvalue weighted by atomic mass is 16.5. The predicted octanol–water partition coefficient (Wildman–Crippen LogP) is -0.200. The molecule has 94 valence electrons. The molecule has 1 amide bonds. The molecule has 0 aliphatic carbocycles. The largest absolute Gasteiger partial charge is 0.396 e. The highest BCUT2D eigenvalue weighted by Crippen LogP contribution is 2.15. The van der Waals surface area contributed by atoms with Crippen molar-refractivity contribution in [2.75, 3.05) is 17.6 Å². The first kappa shape index (κ1) is 11.8. The first-order chi connectivity index (χ1) is 8.66. The number of amides is 1. The lowest BCUT2D eigenvalue weighted by molar-refractivity contribution is 0.0996. The Balaban J connectivity index is 2.00. The SMILES string of the molecule is NC(=O)c1ccc(N)c(NCCc2ncno2)n1. The maximum absolute atomic E-state index is 11.0. The fourth-order valence-electron chi connectivity index (χ4n) is 1.34. The van der Waals surface area contributed by atoms with Gasteiger partial charge in [-0.1, -0.05) is 5.16 Å². The molecule has 2 aromatic rings. The molecular weight excluding hydrogens is 236 g/mol.